The van der Waals surface area contributed by atoms with E-state index in [4.69, 9.17) is 16.3 Å². The molecular formula is C21H28ClN3O4S. The van der Waals surface area contributed by atoms with Crippen molar-refractivity contribution < 1.29 is 17.9 Å². The molecule has 0 radical (unpaired) electrons. The summed E-state index contributed by atoms with van der Waals surface area (Å²) in [7, 11) is -0.976. The van der Waals surface area contributed by atoms with Gasteiger partial charge in [0.1, 0.15) is 18.9 Å². The second-order valence-electron chi connectivity index (χ2n) is 7.20. The highest BCUT2D eigenvalue weighted by Gasteiger charge is 2.28. The van der Waals surface area contributed by atoms with E-state index in [1.807, 2.05) is 39.0 Å². The highest BCUT2D eigenvalue weighted by atomic mass is 35.5. The molecule has 0 aliphatic heterocycles. The summed E-state index contributed by atoms with van der Waals surface area (Å²) in [6.07, 6.45) is 0. The normalized spacial score (nSPS) is 11.4. The molecule has 0 unspecified atom stereocenters. The molecule has 1 N–H and O–H groups in total. The number of halogens is 1. The van der Waals surface area contributed by atoms with E-state index in [9.17, 15) is 13.2 Å². The van der Waals surface area contributed by atoms with Gasteiger partial charge in [-0.15, -0.1) is 0 Å². The summed E-state index contributed by atoms with van der Waals surface area (Å²) in [5.41, 5.74) is 3.09. The summed E-state index contributed by atoms with van der Waals surface area (Å²) < 4.78 is 33.5. The molecule has 164 valence electrons. The Bertz CT molecular complexity index is 1010. The van der Waals surface area contributed by atoms with Crippen molar-refractivity contribution in [3.8, 4) is 5.75 Å². The van der Waals surface area contributed by atoms with Gasteiger partial charge >= 0.3 is 10.2 Å². The molecule has 2 rings (SSSR count). The largest absolute Gasteiger partial charge is 0.492 e. The van der Waals surface area contributed by atoms with Crippen molar-refractivity contribution in [3.63, 3.8) is 0 Å². The number of hydrogen-bond acceptors (Lipinski definition) is 4. The molecule has 0 aromatic heterocycles. The van der Waals surface area contributed by atoms with E-state index < -0.39 is 16.1 Å². The Hall–Kier alpha value is -2.29. The summed E-state index contributed by atoms with van der Waals surface area (Å²) in [6.45, 7) is 5.71. The number of ether oxygens (including phenoxy) is 1. The predicted octanol–water partition coefficient (Wildman–Crippen LogP) is 3.07. The van der Waals surface area contributed by atoms with Gasteiger partial charge in [-0.3, -0.25) is 4.79 Å². The molecule has 2 aromatic carbocycles. The maximum Gasteiger partial charge on any atom is 0.304 e. The Morgan fingerprint density at radius 1 is 1.07 bits per heavy atom. The van der Waals surface area contributed by atoms with Crippen molar-refractivity contribution in [2.75, 3.05) is 38.1 Å². The third-order valence-electron chi connectivity index (χ3n) is 4.50. The first-order valence-electron chi connectivity index (χ1n) is 9.45. The first-order chi connectivity index (χ1) is 14.0. The highest BCUT2D eigenvalue weighted by Crippen LogP contribution is 2.25. The first kappa shape index (κ1) is 24.0. The van der Waals surface area contributed by atoms with Crippen LogP contribution >= 0.6 is 11.6 Å². The van der Waals surface area contributed by atoms with Crippen LogP contribution in [0.1, 0.15) is 16.7 Å². The summed E-state index contributed by atoms with van der Waals surface area (Å²) in [6, 6.07) is 10.9. The van der Waals surface area contributed by atoms with E-state index >= 15 is 0 Å². The fourth-order valence-electron chi connectivity index (χ4n) is 2.69. The van der Waals surface area contributed by atoms with Gasteiger partial charge in [-0.05, 0) is 55.7 Å². The zero-order valence-electron chi connectivity index (χ0n) is 17.9. The van der Waals surface area contributed by atoms with Crippen LogP contribution in [0.4, 0.5) is 5.69 Å². The molecule has 0 spiro atoms. The fourth-order valence-corrected chi connectivity index (χ4v) is 3.98. The van der Waals surface area contributed by atoms with Crippen LogP contribution < -0.4 is 14.4 Å². The van der Waals surface area contributed by atoms with E-state index in [0.717, 1.165) is 25.3 Å². The van der Waals surface area contributed by atoms with Crippen molar-refractivity contribution in [2.45, 2.75) is 20.8 Å². The monoisotopic (exact) mass is 453 g/mol. The lowest BCUT2D eigenvalue weighted by Gasteiger charge is -2.28. The Morgan fingerprint density at radius 2 is 1.73 bits per heavy atom. The third kappa shape index (κ3) is 6.10. The molecule has 2 aromatic rings. The van der Waals surface area contributed by atoms with Crippen molar-refractivity contribution in [2.24, 2.45) is 0 Å². The van der Waals surface area contributed by atoms with E-state index in [-0.39, 0.29) is 19.7 Å². The van der Waals surface area contributed by atoms with E-state index in [1.54, 1.807) is 18.2 Å². The third-order valence-corrected chi connectivity index (χ3v) is 6.71. The Morgan fingerprint density at radius 3 is 2.37 bits per heavy atom. The molecule has 0 aliphatic rings. The van der Waals surface area contributed by atoms with E-state index in [2.05, 4.69) is 5.32 Å². The molecule has 9 heteroatoms. The molecule has 0 bridgehead atoms. The van der Waals surface area contributed by atoms with Crippen LogP contribution in [0, 0.1) is 20.8 Å². The summed E-state index contributed by atoms with van der Waals surface area (Å²) >= 11 is 6.07. The molecule has 0 saturated heterocycles. The second-order valence-corrected chi connectivity index (χ2v) is 9.67. The van der Waals surface area contributed by atoms with Crippen LogP contribution in [0.25, 0.3) is 0 Å². The number of hydrogen-bond donors (Lipinski definition) is 1. The number of amides is 1. The lowest BCUT2D eigenvalue weighted by atomic mass is 10.1. The van der Waals surface area contributed by atoms with Crippen molar-refractivity contribution in [1.29, 1.82) is 0 Å². The van der Waals surface area contributed by atoms with Crippen LogP contribution in [0.15, 0.2) is 36.4 Å². The number of nitrogens with one attached hydrogen (secondary N) is 1. The number of rotatable bonds is 9. The molecule has 1 amide bonds. The van der Waals surface area contributed by atoms with E-state index in [0.29, 0.717) is 16.5 Å². The Labute approximate surface area is 183 Å². The average Bonchev–Trinajstić information content (AvgIpc) is 2.68. The lowest BCUT2D eigenvalue weighted by Crippen LogP contribution is -2.46. The van der Waals surface area contributed by atoms with Crippen molar-refractivity contribution in [1.82, 2.24) is 9.62 Å². The maximum absolute atomic E-state index is 12.8. The number of aryl methyl sites for hydroxylation is 3. The molecular weight excluding hydrogens is 426 g/mol. The number of nitrogens with zero attached hydrogens (tertiary/aromatic N) is 2. The van der Waals surface area contributed by atoms with Crippen LogP contribution in [-0.4, -0.2) is 52.4 Å². The minimum Gasteiger partial charge on any atom is -0.492 e. The van der Waals surface area contributed by atoms with Gasteiger partial charge in [0.25, 0.3) is 0 Å². The van der Waals surface area contributed by atoms with Crippen molar-refractivity contribution >= 4 is 33.4 Å². The molecule has 0 heterocycles. The van der Waals surface area contributed by atoms with Gasteiger partial charge in [-0.2, -0.15) is 12.7 Å². The molecule has 30 heavy (non-hydrogen) atoms. The zero-order valence-corrected chi connectivity index (χ0v) is 19.5. The number of benzene rings is 2. The minimum absolute atomic E-state index is 0.229. The summed E-state index contributed by atoms with van der Waals surface area (Å²) in [4.78, 5) is 12.5. The van der Waals surface area contributed by atoms with Crippen molar-refractivity contribution in [3.05, 3.63) is 58.1 Å². The highest BCUT2D eigenvalue weighted by molar-refractivity contribution is 7.90. The molecule has 0 saturated carbocycles. The van der Waals surface area contributed by atoms with Gasteiger partial charge in [0, 0.05) is 19.1 Å². The summed E-state index contributed by atoms with van der Waals surface area (Å²) in [5.74, 6) is 0.180. The average molecular weight is 454 g/mol. The smallest absolute Gasteiger partial charge is 0.304 e. The maximum atomic E-state index is 12.8. The van der Waals surface area contributed by atoms with Crippen LogP contribution in [-0.2, 0) is 15.0 Å². The number of carbonyl (C=O) groups excluding carboxylic acids is 1. The topological polar surface area (TPSA) is 79.0 Å². The van der Waals surface area contributed by atoms with Crippen LogP contribution in [0.2, 0.25) is 5.02 Å². The SMILES string of the molecule is Cc1ccc(C)c(N(CC(=O)NCCOc2ccc(C)c(Cl)c2)S(=O)(=O)N(C)C)c1. The quantitative estimate of drug-likeness (QED) is 0.592. The predicted molar refractivity (Wildman–Crippen MR) is 121 cm³/mol. The van der Waals surface area contributed by atoms with E-state index in [1.165, 1.54) is 14.1 Å². The number of anilines is 1. The molecule has 0 atom stereocenters. The molecule has 7 nitrogen and oxygen atoms in total. The van der Waals surface area contributed by atoms with Gasteiger partial charge in [0.15, 0.2) is 0 Å². The van der Waals surface area contributed by atoms with Gasteiger partial charge in [-0.1, -0.05) is 29.8 Å². The van der Waals surface area contributed by atoms with Gasteiger partial charge < -0.3 is 10.1 Å². The standard InChI is InChI=1S/C21H28ClN3O4S/c1-15-6-7-17(3)20(12-15)25(30(27,28)24(4)5)14-21(26)23-10-11-29-18-9-8-16(2)19(22)13-18/h6-9,12-13H,10-11,14H2,1-5H3,(H,23,26). The Kier molecular flexibility index (Phi) is 8.11. The second kappa shape index (κ2) is 10.1. The molecule has 0 fully saturated rings. The minimum atomic E-state index is -3.85. The zero-order chi connectivity index (χ0) is 22.5. The van der Waals surface area contributed by atoms with Crippen LogP contribution in [0.5, 0.6) is 5.75 Å². The van der Waals surface area contributed by atoms with Gasteiger partial charge in [0.05, 0.1) is 12.2 Å². The molecule has 0 aliphatic carbocycles. The first-order valence-corrected chi connectivity index (χ1v) is 11.2. The summed E-state index contributed by atoms with van der Waals surface area (Å²) in [5, 5.41) is 3.31. The Balaban J connectivity index is 2.04. The van der Waals surface area contributed by atoms with Crippen LogP contribution in [0.3, 0.4) is 0 Å². The van der Waals surface area contributed by atoms with Gasteiger partial charge in [-0.25, -0.2) is 4.31 Å². The lowest BCUT2D eigenvalue weighted by molar-refractivity contribution is -0.119. The van der Waals surface area contributed by atoms with Gasteiger partial charge in [0.2, 0.25) is 5.91 Å². The number of carbonyl (C=O) groups is 1. The fraction of sp³-hybridized carbons (Fsp3) is 0.381.